The van der Waals surface area contributed by atoms with Crippen LogP contribution in [-0.2, 0) is 0 Å². The van der Waals surface area contributed by atoms with Gasteiger partial charge in [-0.2, -0.15) is 0 Å². The van der Waals surface area contributed by atoms with Gasteiger partial charge >= 0.3 is 0 Å². The Morgan fingerprint density at radius 3 is 2.93 bits per heavy atom. The second kappa shape index (κ2) is 5.40. The van der Waals surface area contributed by atoms with Crippen molar-refractivity contribution in [1.29, 1.82) is 0 Å². The van der Waals surface area contributed by atoms with Gasteiger partial charge in [0.2, 0.25) is 0 Å². The summed E-state index contributed by atoms with van der Waals surface area (Å²) in [6.07, 6.45) is 4.67. The van der Waals surface area contributed by atoms with E-state index in [9.17, 15) is 4.39 Å². The number of hydrogen-bond donors (Lipinski definition) is 1. The minimum atomic E-state index is -0.344. The van der Waals surface area contributed by atoms with Crippen LogP contribution in [0.5, 0.6) is 5.75 Å². The molecule has 2 nitrogen and oxygen atoms in total. The minimum Gasteiger partial charge on any atom is -0.494 e. The van der Waals surface area contributed by atoms with E-state index in [2.05, 4.69) is 0 Å². The number of benzene rings is 1. The molecule has 0 saturated carbocycles. The van der Waals surface area contributed by atoms with E-state index in [1.54, 1.807) is 12.1 Å². The molecule has 0 unspecified atom stereocenters. The van der Waals surface area contributed by atoms with Gasteiger partial charge in [-0.05, 0) is 30.7 Å². The molecule has 0 amide bonds. The molecule has 0 aliphatic carbocycles. The summed E-state index contributed by atoms with van der Waals surface area (Å²) in [6, 6.07) is 4.74. The first-order valence-corrected chi connectivity index (χ1v) is 4.48. The molecule has 0 spiro atoms. The lowest BCUT2D eigenvalue weighted by Crippen LogP contribution is -1.95. The highest BCUT2D eigenvalue weighted by Crippen LogP contribution is 2.18. The van der Waals surface area contributed by atoms with Gasteiger partial charge in [0, 0.05) is 0 Å². The van der Waals surface area contributed by atoms with E-state index < -0.39 is 0 Å². The fraction of sp³-hybridized carbons (Fsp3) is 0.273. The zero-order valence-electron chi connectivity index (χ0n) is 8.16. The van der Waals surface area contributed by atoms with Crippen molar-refractivity contribution in [2.24, 2.45) is 5.73 Å². The van der Waals surface area contributed by atoms with Crippen LogP contribution in [0.25, 0.3) is 6.08 Å². The first kappa shape index (κ1) is 10.7. The van der Waals surface area contributed by atoms with Gasteiger partial charge in [-0.25, -0.2) is 4.39 Å². The number of nitrogens with two attached hydrogens (primary N) is 1. The molecule has 0 heterocycles. The Balaban J connectivity index is 2.79. The third-order valence-corrected chi connectivity index (χ3v) is 1.82. The van der Waals surface area contributed by atoms with Crippen molar-refractivity contribution in [2.75, 3.05) is 13.7 Å². The molecule has 1 aromatic carbocycles. The Morgan fingerprint density at radius 2 is 2.29 bits per heavy atom. The van der Waals surface area contributed by atoms with Gasteiger partial charge in [-0.1, -0.05) is 18.2 Å². The van der Waals surface area contributed by atoms with E-state index in [4.69, 9.17) is 10.5 Å². The molecular weight excluding hydrogens is 181 g/mol. The summed E-state index contributed by atoms with van der Waals surface area (Å²) in [5, 5.41) is 0. The molecule has 0 radical (unpaired) electrons. The Bertz CT molecular complexity index is 323. The second-order valence-electron chi connectivity index (χ2n) is 2.87. The van der Waals surface area contributed by atoms with Crippen LogP contribution in [0, 0.1) is 5.82 Å². The molecule has 3 heteroatoms. The zero-order chi connectivity index (χ0) is 10.4. The van der Waals surface area contributed by atoms with Gasteiger partial charge < -0.3 is 10.5 Å². The van der Waals surface area contributed by atoms with Crippen LogP contribution in [0.4, 0.5) is 4.39 Å². The maximum absolute atomic E-state index is 13.0. The predicted octanol–water partition coefficient (Wildman–Crippen LogP) is 2.20. The zero-order valence-corrected chi connectivity index (χ0v) is 8.16. The average Bonchev–Trinajstić information content (AvgIpc) is 2.21. The summed E-state index contributed by atoms with van der Waals surface area (Å²) in [5.41, 5.74) is 6.25. The van der Waals surface area contributed by atoms with Crippen molar-refractivity contribution >= 4 is 6.08 Å². The Hall–Kier alpha value is -1.35. The second-order valence-corrected chi connectivity index (χ2v) is 2.87. The van der Waals surface area contributed by atoms with Crippen molar-refractivity contribution in [1.82, 2.24) is 0 Å². The standard InChI is InChI=1S/C11H14FNO/c1-14-11-8-9(4-2-3-7-13)5-6-10(11)12/h2,4-6,8H,3,7,13H2,1H3. The molecule has 0 atom stereocenters. The van der Waals surface area contributed by atoms with Crippen molar-refractivity contribution in [3.63, 3.8) is 0 Å². The highest BCUT2D eigenvalue weighted by Gasteiger charge is 2.00. The Morgan fingerprint density at radius 1 is 1.50 bits per heavy atom. The van der Waals surface area contributed by atoms with Crippen LogP contribution in [0.1, 0.15) is 12.0 Å². The average molecular weight is 195 g/mol. The topological polar surface area (TPSA) is 35.2 Å². The van der Waals surface area contributed by atoms with Crippen molar-refractivity contribution < 1.29 is 9.13 Å². The van der Waals surface area contributed by atoms with E-state index >= 15 is 0 Å². The molecule has 14 heavy (non-hydrogen) atoms. The van der Waals surface area contributed by atoms with Gasteiger partial charge in [0.25, 0.3) is 0 Å². The van der Waals surface area contributed by atoms with Gasteiger partial charge in [-0.3, -0.25) is 0 Å². The lowest BCUT2D eigenvalue weighted by Gasteiger charge is -2.02. The smallest absolute Gasteiger partial charge is 0.165 e. The van der Waals surface area contributed by atoms with Gasteiger partial charge in [-0.15, -0.1) is 0 Å². The molecule has 1 aromatic rings. The fourth-order valence-electron chi connectivity index (χ4n) is 1.10. The minimum absolute atomic E-state index is 0.264. The number of methoxy groups -OCH3 is 1. The van der Waals surface area contributed by atoms with Crippen LogP contribution >= 0.6 is 0 Å². The van der Waals surface area contributed by atoms with Crippen LogP contribution in [0.3, 0.4) is 0 Å². The Labute approximate surface area is 83.2 Å². The molecule has 0 aliphatic heterocycles. The fourth-order valence-corrected chi connectivity index (χ4v) is 1.10. The van der Waals surface area contributed by atoms with Crippen molar-refractivity contribution in [2.45, 2.75) is 6.42 Å². The maximum atomic E-state index is 13.0. The number of rotatable bonds is 4. The van der Waals surface area contributed by atoms with Crippen LogP contribution < -0.4 is 10.5 Å². The summed E-state index contributed by atoms with van der Waals surface area (Å²) < 4.78 is 17.8. The third-order valence-electron chi connectivity index (χ3n) is 1.82. The van der Waals surface area contributed by atoms with E-state index in [1.165, 1.54) is 13.2 Å². The molecular formula is C11H14FNO. The SMILES string of the molecule is COc1cc(C=CCCN)ccc1F. The monoisotopic (exact) mass is 195 g/mol. The summed E-state index contributed by atoms with van der Waals surface area (Å²) >= 11 is 0. The maximum Gasteiger partial charge on any atom is 0.165 e. The predicted molar refractivity (Wildman–Crippen MR) is 55.7 cm³/mol. The van der Waals surface area contributed by atoms with E-state index in [0.29, 0.717) is 6.54 Å². The molecule has 0 fully saturated rings. The van der Waals surface area contributed by atoms with Crippen molar-refractivity contribution in [3.8, 4) is 5.75 Å². The first-order valence-electron chi connectivity index (χ1n) is 4.48. The number of ether oxygens (including phenoxy) is 1. The molecule has 1 rings (SSSR count). The van der Waals surface area contributed by atoms with Gasteiger partial charge in [0.15, 0.2) is 11.6 Å². The highest BCUT2D eigenvalue weighted by atomic mass is 19.1. The molecule has 0 saturated heterocycles. The molecule has 0 bridgehead atoms. The summed E-state index contributed by atoms with van der Waals surface area (Å²) in [5.74, 6) is -0.0802. The lowest BCUT2D eigenvalue weighted by atomic mass is 10.2. The Kier molecular flexibility index (Phi) is 4.13. The molecule has 0 aliphatic rings. The van der Waals surface area contributed by atoms with Gasteiger partial charge in [0.05, 0.1) is 7.11 Å². The quantitative estimate of drug-likeness (QED) is 0.799. The van der Waals surface area contributed by atoms with E-state index in [0.717, 1.165) is 12.0 Å². The summed E-state index contributed by atoms with van der Waals surface area (Å²) in [4.78, 5) is 0. The molecule has 76 valence electrons. The molecule has 0 aromatic heterocycles. The summed E-state index contributed by atoms with van der Waals surface area (Å²) in [6.45, 7) is 0.620. The summed E-state index contributed by atoms with van der Waals surface area (Å²) in [7, 11) is 1.45. The first-order chi connectivity index (χ1) is 6.77. The number of halogens is 1. The van der Waals surface area contributed by atoms with Crippen LogP contribution in [-0.4, -0.2) is 13.7 Å². The van der Waals surface area contributed by atoms with E-state index in [-0.39, 0.29) is 11.6 Å². The van der Waals surface area contributed by atoms with E-state index in [1.807, 2.05) is 12.2 Å². The lowest BCUT2D eigenvalue weighted by molar-refractivity contribution is 0.386. The van der Waals surface area contributed by atoms with Crippen molar-refractivity contribution in [3.05, 3.63) is 35.7 Å². The highest BCUT2D eigenvalue weighted by molar-refractivity contribution is 5.51. The van der Waals surface area contributed by atoms with Crippen LogP contribution in [0.2, 0.25) is 0 Å². The third kappa shape index (κ3) is 2.85. The number of hydrogen-bond acceptors (Lipinski definition) is 2. The normalized spacial score (nSPS) is 10.8. The largest absolute Gasteiger partial charge is 0.494 e. The van der Waals surface area contributed by atoms with Gasteiger partial charge in [0.1, 0.15) is 0 Å². The van der Waals surface area contributed by atoms with Crippen LogP contribution in [0.15, 0.2) is 24.3 Å². The molecule has 2 N–H and O–H groups in total.